The third kappa shape index (κ3) is 2.46. The Kier molecular flexibility index (Phi) is 3.32. The first kappa shape index (κ1) is 13.2. The number of hydrogen-bond donors (Lipinski definition) is 2. The standard InChI is InChI=1S/C18H16N2O/c1-12(19)11-16(21)17-14-9-5-6-10-15(14)20-18(17)13-7-3-2-4-8-13/h2-11,20H,19H2,1H3/b12-11+. The summed E-state index contributed by atoms with van der Waals surface area (Å²) in [5.74, 6) is -0.0775. The Morgan fingerprint density at radius 3 is 2.43 bits per heavy atom. The number of carbonyl (C=O) groups is 1. The van der Waals surface area contributed by atoms with E-state index >= 15 is 0 Å². The van der Waals surface area contributed by atoms with Gasteiger partial charge >= 0.3 is 0 Å². The van der Waals surface area contributed by atoms with Crippen LogP contribution in [0.25, 0.3) is 22.2 Å². The number of aromatic nitrogens is 1. The molecule has 0 saturated carbocycles. The minimum Gasteiger partial charge on any atom is -0.402 e. The Morgan fingerprint density at radius 1 is 1.05 bits per heavy atom. The molecule has 2 aromatic carbocycles. The molecule has 21 heavy (non-hydrogen) atoms. The Balaban J connectivity index is 2.29. The zero-order valence-electron chi connectivity index (χ0n) is 11.8. The van der Waals surface area contributed by atoms with Crippen LogP contribution in [0.15, 0.2) is 66.4 Å². The molecule has 104 valence electrons. The van der Waals surface area contributed by atoms with Crippen molar-refractivity contribution in [2.24, 2.45) is 5.73 Å². The van der Waals surface area contributed by atoms with Crippen LogP contribution in [-0.2, 0) is 0 Å². The van der Waals surface area contributed by atoms with Crippen LogP contribution < -0.4 is 5.73 Å². The van der Waals surface area contributed by atoms with Crippen molar-refractivity contribution in [1.29, 1.82) is 0 Å². The number of ketones is 1. The highest BCUT2D eigenvalue weighted by Crippen LogP contribution is 2.30. The van der Waals surface area contributed by atoms with Crippen LogP contribution in [0.5, 0.6) is 0 Å². The van der Waals surface area contributed by atoms with Gasteiger partial charge in [-0.25, -0.2) is 0 Å². The molecule has 0 aliphatic rings. The van der Waals surface area contributed by atoms with E-state index in [1.807, 2.05) is 54.6 Å². The van der Waals surface area contributed by atoms with Gasteiger partial charge < -0.3 is 10.7 Å². The van der Waals surface area contributed by atoms with Crippen LogP contribution in [0.1, 0.15) is 17.3 Å². The average Bonchev–Trinajstić information content (AvgIpc) is 2.87. The maximum Gasteiger partial charge on any atom is 0.190 e. The van der Waals surface area contributed by atoms with Crippen LogP contribution in [0.3, 0.4) is 0 Å². The highest BCUT2D eigenvalue weighted by molar-refractivity contribution is 6.17. The van der Waals surface area contributed by atoms with Gasteiger partial charge in [0.25, 0.3) is 0 Å². The number of allylic oxidation sites excluding steroid dienone is 2. The van der Waals surface area contributed by atoms with Gasteiger partial charge in [0.2, 0.25) is 0 Å². The van der Waals surface area contributed by atoms with Gasteiger partial charge in [0, 0.05) is 22.7 Å². The predicted octanol–water partition coefficient (Wildman–Crippen LogP) is 3.88. The van der Waals surface area contributed by atoms with Gasteiger partial charge in [0.15, 0.2) is 5.78 Å². The van der Waals surface area contributed by atoms with Crippen LogP contribution >= 0.6 is 0 Å². The second-order valence-corrected chi connectivity index (χ2v) is 5.04. The lowest BCUT2D eigenvalue weighted by Crippen LogP contribution is -2.01. The molecule has 0 saturated heterocycles. The number of fused-ring (bicyclic) bond motifs is 1. The molecule has 0 aliphatic heterocycles. The third-order valence-electron chi connectivity index (χ3n) is 3.37. The van der Waals surface area contributed by atoms with E-state index in [1.54, 1.807) is 6.92 Å². The molecule has 3 N–H and O–H groups in total. The predicted molar refractivity (Wildman–Crippen MR) is 86.0 cm³/mol. The first-order valence-electron chi connectivity index (χ1n) is 6.81. The number of nitrogens with one attached hydrogen (secondary N) is 1. The zero-order chi connectivity index (χ0) is 14.8. The second-order valence-electron chi connectivity index (χ2n) is 5.04. The van der Waals surface area contributed by atoms with Crippen LogP contribution in [0.2, 0.25) is 0 Å². The molecule has 0 unspecified atom stereocenters. The van der Waals surface area contributed by atoms with E-state index in [1.165, 1.54) is 6.08 Å². The molecule has 0 bridgehead atoms. The minimum atomic E-state index is -0.0775. The third-order valence-corrected chi connectivity index (χ3v) is 3.37. The van der Waals surface area contributed by atoms with Crippen molar-refractivity contribution in [2.45, 2.75) is 6.92 Å². The number of para-hydroxylation sites is 1. The molecular weight excluding hydrogens is 260 g/mol. The fraction of sp³-hybridized carbons (Fsp3) is 0.0556. The largest absolute Gasteiger partial charge is 0.402 e. The molecule has 0 atom stereocenters. The summed E-state index contributed by atoms with van der Waals surface area (Å²) in [6.07, 6.45) is 1.47. The summed E-state index contributed by atoms with van der Waals surface area (Å²) in [5, 5.41) is 0.916. The topological polar surface area (TPSA) is 58.9 Å². The Bertz CT molecular complexity index is 825. The lowest BCUT2D eigenvalue weighted by molar-refractivity contribution is 0.104. The van der Waals surface area contributed by atoms with Gasteiger partial charge in [-0.3, -0.25) is 4.79 Å². The number of hydrogen-bond acceptors (Lipinski definition) is 2. The van der Waals surface area contributed by atoms with E-state index in [4.69, 9.17) is 5.73 Å². The molecular formula is C18H16N2O. The Hall–Kier alpha value is -2.81. The van der Waals surface area contributed by atoms with Gasteiger partial charge in [-0.2, -0.15) is 0 Å². The van der Waals surface area contributed by atoms with E-state index in [2.05, 4.69) is 4.98 Å². The maximum absolute atomic E-state index is 12.5. The molecule has 1 heterocycles. The van der Waals surface area contributed by atoms with E-state index in [0.29, 0.717) is 11.3 Å². The quantitative estimate of drug-likeness (QED) is 0.563. The SMILES string of the molecule is C/C(N)=C\C(=O)c1c(-c2ccccc2)[nH]c2ccccc12. The summed E-state index contributed by atoms with van der Waals surface area (Å²) in [6, 6.07) is 17.6. The summed E-state index contributed by atoms with van der Waals surface area (Å²) in [6.45, 7) is 1.72. The second kappa shape index (κ2) is 5.29. The normalized spacial score (nSPS) is 11.8. The summed E-state index contributed by atoms with van der Waals surface area (Å²) in [5.41, 5.74) is 9.60. The number of rotatable bonds is 3. The lowest BCUT2D eigenvalue weighted by atomic mass is 10.0. The molecule has 3 aromatic rings. The van der Waals surface area contributed by atoms with Gasteiger partial charge in [-0.1, -0.05) is 48.5 Å². The highest BCUT2D eigenvalue weighted by Gasteiger charge is 2.17. The van der Waals surface area contributed by atoms with Gasteiger partial charge in [-0.05, 0) is 18.6 Å². The Morgan fingerprint density at radius 2 is 1.71 bits per heavy atom. The molecule has 0 fully saturated rings. The Labute approximate surface area is 123 Å². The van der Waals surface area contributed by atoms with Crippen molar-refractivity contribution in [1.82, 2.24) is 4.98 Å². The highest BCUT2D eigenvalue weighted by atomic mass is 16.1. The first-order valence-corrected chi connectivity index (χ1v) is 6.81. The summed E-state index contributed by atoms with van der Waals surface area (Å²) in [7, 11) is 0. The number of benzene rings is 2. The molecule has 0 aliphatic carbocycles. The minimum absolute atomic E-state index is 0.0775. The molecule has 0 amide bonds. The molecule has 0 spiro atoms. The summed E-state index contributed by atoms with van der Waals surface area (Å²) < 4.78 is 0. The van der Waals surface area contributed by atoms with Crippen molar-refractivity contribution >= 4 is 16.7 Å². The van der Waals surface area contributed by atoms with Crippen LogP contribution in [0.4, 0.5) is 0 Å². The fourth-order valence-corrected chi connectivity index (χ4v) is 2.50. The number of nitrogens with two attached hydrogens (primary N) is 1. The number of aromatic amines is 1. The smallest absolute Gasteiger partial charge is 0.190 e. The van der Waals surface area contributed by atoms with Crippen molar-refractivity contribution in [2.75, 3.05) is 0 Å². The van der Waals surface area contributed by atoms with Crippen molar-refractivity contribution in [3.8, 4) is 11.3 Å². The van der Waals surface area contributed by atoms with Crippen LogP contribution in [0, 0.1) is 0 Å². The molecule has 1 aromatic heterocycles. The van der Waals surface area contributed by atoms with E-state index in [9.17, 15) is 4.79 Å². The van der Waals surface area contributed by atoms with Crippen molar-refractivity contribution in [3.05, 3.63) is 71.9 Å². The molecule has 3 nitrogen and oxygen atoms in total. The lowest BCUT2D eigenvalue weighted by Gasteiger charge is -2.02. The van der Waals surface area contributed by atoms with Gasteiger partial charge in [0.05, 0.1) is 11.3 Å². The zero-order valence-corrected chi connectivity index (χ0v) is 11.8. The molecule has 3 rings (SSSR count). The average molecular weight is 276 g/mol. The molecule has 0 radical (unpaired) electrons. The monoisotopic (exact) mass is 276 g/mol. The van der Waals surface area contributed by atoms with E-state index < -0.39 is 0 Å². The van der Waals surface area contributed by atoms with E-state index in [-0.39, 0.29) is 5.78 Å². The summed E-state index contributed by atoms with van der Waals surface area (Å²) in [4.78, 5) is 15.9. The number of carbonyl (C=O) groups excluding carboxylic acids is 1. The van der Waals surface area contributed by atoms with Crippen molar-refractivity contribution < 1.29 is 4.79 Å². The van der Waals surface area contributed by atoms with Crippen LogP contribution in [-0.4, -0.2) is 10.8 Å². The van der Waals surface area contributed by atoms with Gasteiger partial charge in [0.1, 0.15) is 0 Å². The fourth-order valence-electron chi connectivity index (χ4n) is 2.50. The number of H-pyrrole nitrogens is 1. The molecule has 3 heteroatoms. The van der Waals surface area contributed by atoms with Crippen molar-refractivity contribution in [3.63, 3.8) is 0 Å². The van der Waals surface area contributed by atoms with Gasteiger partial charge in [-0.15, -0.1) is 0 Å². The summed E-state index contributed by atoms with van der Waals surface area (Å²) >= 11 is 0. The maximum atomic E-state index is 12.5. The van der Waals surface area contributed by atoms with E-state index in [0.717, 1.165) is 22.2 Å². The first-order chi connectivity index (χ1) is 10.2.